The standard InChI is InChI=1S/C12H24O2/c1-4-5-6-7-8-9-14-12(3)10-11(2)13/h12H,4-10H2,1-3H3. The van der Waals surface area contributed by atoms with E-state index in [0.717, 1.165) is 13.0 Å². The summed E-state index contributed by atoms with van der Waals surface area (Å²) in [6.45, 7) is 6.60. The lowest BCUT2D eigenvalue weighted by Gasteiger charge is -2.10. The van der Waals surface area contributed by atoms with Crippen LogP contribution in [0.3, 0.4) is 0 Å². The van der Waals surface area contributed by atoms with Crippen molar-refractivity contribution >= 4 is 5.78 Å². The zero-order chi connectivity index (χ0) is 10.8. The summed E-state index contributed by atoms with van der Waals surface area (Å²) in [7, 11) is 0. The summed E-state index contributed by atoms with van der Waals surface area (Å²) in [5, 5.41) is 0. The fraction of sp³-hybridized carbons (Fsp3) is 0.917. The predicted molar refractivity (Wildman–Crippen MR) is 59.5 cm³/mol. The van der Waals surface area contributed by atoms with Gasteiger partial charge in [0.2, 0.25) is 0 Å². The molecule has 0 aliphatic rings. The minimum Gasteiger partial charge on any atom is -0.378 e. The fourth-order valence-corrected chi connectivity index (χ4v) is 1.45. The molecule has 0 bridgehead atoms. The fourth-order valence-electron chi connectivity index (χ4n) is 1.45. The van der Waals surface area contributed by atoms with Gasteiger partial charge in [0.1, 0.15) is 5.78 Å². The van der Waals surface area contributed by atoms with Crippen LogP contribution in [0, 0.1) is 0 Å². The topological polar surface area (TPSA) is 26.3 Å². The average Bonchev–Trinajstić information content (AvgIpc) is 2.10. The Labute approximate surface area is 88.0 Å². The van der Waals surface area contributed by atoms with E-state index in [9.17, 15) is 4.79 Å². The van der Waals surface area contributed by atoms with Gasteiger partial charge in [0.25, 0.3) is 0 Å². The lowest BCUT2D eigenvalue weighted by molar-refractivity contribution is -0.119. The molecule has 1 unspecified atom stereocenters. The van der Waals surface area contributed by atoms with Crippen molar-refractivity contribution in [2.24, 2.45) is 0 Å². The minimum absolute atomic E-state index is 0.0960. The van der Waals surface area contributed by atoms with Crippen molar-refractivity contribution < 1.29 is 9.53 Å². The minimum atomic E-state index is 0.0960. The molecule has 84 valence electrons. The van der Waals surface area contributed by atoms with E-state index in [0.29, 0.717) is 6.42 Å². The number of hydrogen-bond donors (Lipinski definition) is 0. The van der Waals surface area contributed by atoms with Crippen molar-refractivity contribution in [3.63, 3.8) is 0 Å². The van der Waals surface area contributed by atoms with Gasteiger partial charge in [0.15, 0.2) is 0 Å². The SMILES string of the molecule is CCCCCCCOC(C)CC(C)=O. The van der Waals surface area contributed by atoms with Crippen LogP contribution < -0.4 is 0 Å². The molecule has 0 spiro atoms. The molecule has 0 aliphatic heterocycles. The highest BCUT2D eigenvalue weighted by Gasteiger charge is 2.04. The highest BCUT2D eigenvalue weighted by molar-refractivity contribution is 5.75. The molecule has 0 amide bonds. The molecule has 0 fully saturated rings. The van der Waals surface area contributed by atoms with E-state index in [1.165, 1.54) is 25.7 Å². The van der Waals surface area contributed by atoms with E-state index >= 15 is 0 Å². The van der Waals surface area contributed by atoms with Crippen LogP contribution in [0.1, 0.15) is 59.3 Å². The van der Waals surface area contributed by atoms with Gasteiger partial charge in [-0.3, -0.25) is 4.79 Å². The zero-order valence-electron chi connectivity index (χ0n) is 9.84. The maximum absolute atomic E-state index is 10.7. The maximum atomic E-state index is 10.7. The Morgan fingerprint density at radius 1 is 1.21 bits per heavy atom. The second kappa shape index (κ2) is 9.20. The van der Waals surface area contributed by atoms with Crippen LogP contribution in [0.4, 0.5) is 0 Å². The van der Waals surface area contributed by atoms with Gasteiger partial charge in [0, 0.05) is 13.0 Å². The first-order chi connectivity index (χ1) is 6.66. The summed E-state index contributed by atoms with van der Waals surface area (Å²) in [6, 6.07) is 0. The summed E-state index contributed by atoms with van der Waals surface area (Å²) >= 11 is 0. The highest BCUT2D eigenvalue weighted by atomic mass is 16.5. The third-order valence-corrected chi connectivity index (χ3v) is 2.23. The van der Waals surface area contributed by atoms with E-state index < -0.39 is 0 Å². The van der Waals surface area contributed by atoms with Crippen molar-refractivity contribution in [2.75, 3.05) is 6.61 Å². The second-order valence-corrected chi connectivity index (χ2v) is 4.00. The van der Waals surface area contributed by atoms with Gasteiger partial charge in [-0.05, 0) is 20.3 Å². The molecule has 0 saturated carbocycles. The number of Topliss-reactive ketones (excluding diaryl/α,β-unsaturated/α-hetero) is 1. The van der Waals surface area contributed by atoms with E-state index in [4.69, 9.17) is 4.74 Å². The summed E-state index contributed by atoms with van der Waals surface area (Å²) in [5.74, 6) is 0.212. The average molecular weight is 200 g/mol. The Morgan fingerprint density at radius 3 is 2.43 bits per heavy atom. The van der Waals surface area contributed by atoms with E-state index in [-0.39, 0.29) is 11.9 Å². The molecule has 0 aromatic carbocycles. The lowest BCUT2D eigenvalue weighted by Crippen LogP contribution is -2.12. The molecule has 0 saturated heterocycles. The summed E-state index contributed by atoms with van der Waals surface area (Å²) in [4.78, 5) is 10.7. The summed E-state index contributed by atoms with van der Waals surface area (Å²) in [6.07, 6.45) is 6.93. The van der Waals surface area contributed by atoms with Crippen molar-refractivity contribution in [2.45, 2.75) is 65.4 Å². The third kappa shape index (κ3) is 9.72. The van der Waals surface area contributed by atoms with Crippen molar-refractivity contribution in [3.8, 4) is 0 Å². The number of rotatable bonds is 9. The van der Waals surface area contributed by atoms with E-state index in [2.05, 4.69) is 6.92 Å². The van der Waals surface area contributed by atoms with Crippen LogP contribution in [0.5, 0.6) is 0 Å². The Morgan fingerprint density at radius 2 is 1.86 bits per heavy atom. The molecule has 0 aliphatic carbocycles. The third-order valence-electron chi connectivity index (χ3n) is 2.23. The normalized spacial score (nSPS) is 12.8. The molecular formula is C12H24O2. The molecule has 0 radical (unpaired) electrons. The maximum Gasteiger partial charge on any atom is 0.132 e. The van der Waals surface area contributed by atoms with Gasteiger partial charge in [-0.1, -0.05) is 32.6 Å². The van der Waals surface area contributed by atoms with Gasteiger partial charge in [0.05, 0.1) is 6.10 Å². The van der Waals surface area contributed by atoms with Gasteiger partial charge in [-0.2, -0.15) is 0 Å². The first kappa shape index (κ1) is 13.6. The van der Waals surface area contributed by atoms with E-state index in [1.54, 1.807) is 6.92 Å². The smallest absolute Gasteiger partial charge is 0.132 e. The number of ether oxygens (including phenoxy) is 1. The molecule has 0 rings (SSSR count). The molecular weight excluding hydrogens is 176 g/mol. The molecule has 14 heavy (non-hydrogen) atoms. The predicted octanol–water partition coefficient (Wildman–Crippen LogP) is 3.34. The number of carbonyl (C=O) groups is 1. The first-order valence-corrected chi connectivity index (χ1v) is 5.77. The van der Waals surface area contributed by atoms with Crippen molar-refractivity contribution in [1.29, 1.82) is 0 Å². The van der Waals surface area contributed by atoms with Gasteiger partial charge in [-0.15, -0.1) is 0 Å². The Bertz CT molecular complexity index is 143. The molecule has 0 N–H and O–H groups in total. The monoisotopic (exact) mass is 200 g/mol. The molecule has 0 aromatic heterocycles. The first-order valence-electron chi connectivity index (χ1n) is 5.77. The lowest BCUT2D eigenvalue weighted by atomic mass is 10.1. The van der Waals surface area contributed by atoms with Crippen molar-refractivity contribution in [3.05, 3.63) is 0 Å². The highest BCUT2D eigenvalue weighted by Crippen LogP contribution is 2.04. The number of unbranched alkanes of at least 4 members (excludes halogenated alkanes) is 4. The molecule has 0 aromatic rings. The van der Waals surface area contributed by atoms with Crippen molar-refractivity contribution in [1.82, 2.24) is 0 Å². The van der Waals surface area contributed by atoms with Crippen LogP contribution in [-0.2, 0) is 9.53 Å². The number of ketones is 1. The molecule has 2 nitrogen and oxygen atoms in total. The Kier molecular flexibility index (Phi) is 8.95. The van der Waals surface area contributed by atoms with Crippen LogP contribution in [-0.4, -0.2) is 18.5 Å². The Hall–Kier alpha value is -0.370. The molecule has 1 atom stereocenters. The van der Waals surface area contributed by atoms with Gasteiger partial charge < -0.3 is 4.74 Å². The quantitative estimate of drug-likeness (QED) is 0.534. The van der Waals surface area contributed by atoms with Crippen LogP contribution in [0.2, 0.25) is 0 Å². The molecule has 0 heterocycles. The summed E-state index contributed by atoms with van der Waals surface area (Å²) < 4.78 is 5.51. The van der Waals surface area contributed by atoms with Gasteiger partial charge in [-0.25, -0.2) is 0 Å². The largest absolute Gasteiger partial charge is 0.378 e. The second-order valence-electron chi connectivity index (χ2n) is 4.00. The van der Waals surface area contributed by atoms with Crippen LogP contribution >= 0.6 is 0 Å². The molecule has 2 heteroatoms. The number of carbonyl (C=O) groups excluding carboxylic acids is 1. The Balaban J connectivity index is 3.14. The summed E-state index contributed by atoms with van der Waals surface area (Å²) in [5.41, 5.74) is 0. The number of hydrogen-bond acceptors (Lipinski definition) is 2. The van der Waals surface area contributed by atoms with Crippen LogP contribution in [0.15, 0.2) is 0 Å². The van der Waals surface area contributed by atoms with Gasteiger partial charge >= 0.3 is 0 Å². The zero-order valence-corrected chi connectivity index (χ0v) is 9.84. The van der Waals surface area contributed by atoms with E-state index in [1.807, 2.05) is 6.92 Å². The van der Waals surface area contributed by atoms with Crippen LogP contribution in [0.25, 0.3) is 0 Å².